The van der Waals surface area contributed by atoms with Gasteiger partial charge in [0.25, 0.3) is 0 Å². The van der Waals surface area contributed by atoms with E-state index in [0.717, 1.165) is 44.9 Å². The maximum absolute atomic E-state index is 6.53. The zero-order valence-electron chi connectivity index (χ0n) is 21.8. The van der Waals surface area contributed by atoms with Crippen molar-refractivity contribution in [1.29, 1.82) is 0 Å². The van der Waals surface area contributed by atoms with Gasteiger partial charge in [-0.2, -0.15) is 0 Å². The molecule has 0 fully saturated rings. The van der Waals surface area contributed by atoms with Crippen LogP contribution in [0, 0.1) is 0 Å². The zero-order valence-corrected chi connectivity index (χ0v) is 21.8. The Balaban J connectivity index is 1.51. The fourth-order valence-corrected chi connectivity index (χ4v) is 6.87. The third kappa shape index (κ3) is 2.93. The second-order valence-electron chi connectivity index (χ2n) is 11.0. The molecule has 1 aromatic heterocycles. The first-order valence-corrected chi connectivity index (χ1v) is 13.4. The van der Waals surface area contributed by atoms with Gasteiger partial charge in [-0.05, 0) is 46.5 Å². The van der Waals surface area contributed by atoms with Gasteiger partial charge >= 0.3 is 0 Å². The van der Waals surface area contributed by atoms with Crippen LogP contribution in [0.25, 0.3) is 22.3 Å². The van der Waals surface area contributed by atoms with Crippen LogP contribution in [0.3, 0.4) is 0 Å². The predicted molar refractivity (Wildman–Crippen MR) is 155 cm³/mol. The molecule has 3 heteroatoms. The van der Waals surface area contributed by atoms with Crippen molar-refractivity contribution in [2.45, 2.75) is 24.7 Å². The summed E-state index contributed by atoms with van der Waals surface area (Å²) in [6.07, 6.45) is 1.92. The molecule has 0 saturated carbocycles. The van der Waals surface area contributed by atoms with Crippen molar-refractivity contribution in [1.82, 2.24) is 9.97 Å². The van der Waals surface area contributed by atoms with Gasteiger partial charge < -0.3 is 4.74 Å². The number of aromatic nitrogens is 2. The average molecular weight is 503 g/mol. The molecule has 0 unspecified atom stereocenters. The van der Waals surface area contributed by atoms with Crippen LogP contribution in [0.1, 0.15) is 47.2 Å². The van der Waals surface area contributed by atoms with E-state index < -0.39 is 5.41 Å². The SMILES string of the molecule is CC1(C)c2ccccc2C2(c3ccccc3Oc3ccccc32)c2cc(-c3ncc4ccccc4n3)ccc21. The van der Waals surface area contributed by atoms with Crippen molar-refractivity contribution in [2.75, 3.05) is 0 Å². The minimum absolute atomic E-state index is 0.192. The molecule has 1 aliphatic carbocycles. The molecule has 2 heterocycles. The Labute approximate surface area is 227 Å². The fraction of sp³-hybridized carbons (Fsp3) is 0.111. The quantitative estimate of drug-likeness (QED) is 0.226. The van der Waals surface area contributed by atoms with Gasteiger partial charge in [-0.15, -0.1) is 0 Å². The van der Waals surface area contributed by atoms with Gasteiger partial charge in [-0.1, -0.05) is 105 Å². The normalized spacial score (nSPS) is 15.5. The van der Waals surface area contributed by atoms with E-state index in [4.69, 9.17) is 14.7 Å². The molecule has 0 bridgehead atoms. The molecule has 0 saturated heterocycles. The summed E-state index contributed by atoms with van der Waals surface area (Å²) in [6.45, 7) is 4.67. The van der Waals surface area contributed by atoms with Crippen LogP contribution in [0.2, 0.25) is 0 Å². The lowest BCUT2D eigenvalue weighted by Gasteiger charge is -2.50. The summed E-state index contributed by atoms with van der Waals surface area (Å²) in [7, 11) is 0. The van der Waals surface area contributed by atoms with Gasteiger partial charge in [-0.3, -0.25) is 0 Å². The van der Waals surface area contributed by atoms with Crippen LogP contribution in [0.5, 0.6) is 11.5 Å². The third-order valence-electron chi connectivity index (χ3n) is 8.65. The van der Waals surface area contributed by atoms with Gasteiger partial charge in [0.05, 0.1) is 10.9 Å². The van der Waals surface area contributed by atoms with Crippen LogP contribution in [0.15, 0.2) is 121 Å². The molecule has 186 valence electrons. The second kappa shape index (κ2) is 7.87. The van der Waals surface area contributed by atoms with Crippen LogP contribution in [-0.4, -0.2) is 9.97 Å². The van der Waals surface area contributed by atoms with Crippen molar-refractivity contribution in [3.63, 3.8) is 0 Å². The van der Waals surface area contributed by atoms with E-state index in [1.807, 2.05) is 24.4 Å². The lowest BCUT2D eigenvalue weighted by atomic mass is 9.53. The molecule has 1 aliphatic heterocycles. The molecule has 5 aromatic carbocycles. The minimum atomic E-state index is -0.542. The second-order valence-corrected chi connectivity index (χ2v) is 11.0. The first-order valence-electron chi connectivity index (χ1n) is 13.4. The lowest BCUT2D eigenvalue weighted by molar-refractivity contribution is 0.425. The predicted octanol–water partition coefficient (Wildman–Crippen LogP) is 8.42. The zero-order chi connectivity index (χ0) is 26.2. The van der Waals surface area contributed by atoms with Gasteiger partial charge in [0.1, 0.15) is 11.5 Å². The van der Waals surface area contributed by atoms with E-state index in [1.54, 1.807) is 0 Å². The first-order chi connectivity index (χ1) is 19.1. The maximum Gasteiger partial charge on any atom is 0.159 e. The highest BCUT2D eigenvalue weighted by molar-refractivity contribution is 5.81. The fourth-order valence-electron chi connectivity index (χ4n) is 6.87. The van der Waals surface area contributed by atoms with E-state index in [2.05, 4.69) is 111 Å². The Morgan fingerprint density at radius 3 is 1.90 bits per heavy atom. The molecular formula is C36H26N2O. The number of para-hydroxylation sites is 3. The lowest BCUT2D eigenvalue weighted by Crippen LogP contribution is -2.43. The molecule has 2 aliphatic rings. The van der Waals surface area contributed by atoms with E-state index in [-0.39, 0.29) is 5.41 Å². The molecule has 0 radical (unpaired) electrons. The number of hydrogen-bond acceptors (Lipinski definition) is 3. The summed E-state index contributed by atoms with van der Waals surface area (Å²) in [6, 6.07) is 40.9. The Kier molecular flexibility index (Phi) is 4.49. The topological polar surface area (TPSA) is 35.0 Å². The highest BCUT2D eigenvalue weighted by Crippen LogP contribution is 2.61. The molecule has 8 rings (SSSR count). The molecule has 3 nitrogen and oxygen atoms in total. The van der Waals surface area contributed by atoms with Crippen molar-refractivity contribution >= 4 is 10.9 Å². The van der Waals surface area contributed by atoms with Crippen LogP contribution < -0.4 is 4.74 Å². The van der Waals surface area contributed by atoms with Crippen LogP contribution in [-0.2, 0) is 10.8 Å². The maximum atomic E-state index is 6.53. The monoisotopic (exact) mass is 502 g/mol. The number of hydrogen-bond donors (Lipinski definition) is 0. The van der Waals surface area contributed by atoms with E-state index in [0.29, 0.717) is 0 Å². The summed E-state index contributed by atoms with van der Waals surface area (Å²) in [5.41, 5.74) is 8.72. The molecule has 0 amide bonds. The molecule has 0 atom stereocenters. The number of benzene rings is 5. The Morgan fingerprint density at radius 1 is 0.564 bits per heavy atom. The smallest absolute Gasteiger partial charge is 0.159 e. The molecular weight excluding hydrogens is 476 g/mol. The minimum Gasteiger partial charge on any atom is -0.457 e. The summed E-state index contributed by atoms with van der Waals surface area (Å²) < 4.78 is 6.53. The van der Waals surface area contributed by atoms with Gasteiger partial charge in [0.15, 0.2) is 5.82 Å². The van der Waals surface area contributed by atoms with Gasteiger partial charge in [-0.25, -0.2) is 9.97 Å². The number of fused-ring (bicyclic) bond motifs is 9. The van der Waals surface area contributed by atoms with Crippen molar-refractivity contribution in [3.05, 3.63) is 155 Å². The highest BCUT2D eigenvalue weighted by atomic mass is 16.5. The number of nitrogens with zero attached hydrogens (tertiary/aromatic N) is 2. The Hall–Kier alpha value is -4.76. The number of rotatable bonds is 1. The molecule has 39 heavy (non-hydrogen) atoms. The summed E-state index contributed by atoms with van der Waals surface area (Å²) in [4.78, 5) is 9.75. The van der Waals surface area contributed by atoms with Gasteiger partial charge in [0.2, 0.25) is 0 Å². The molecule has 0 N–H and O–H groups in total. The standard InChI is InChI=1S/C36H26N2O/c1-35(2)25-12-4-5-13-27(25)36(28-14-6-9-17-32(28)39-33-18-10-7-15-29(33)36)30-21-23(19-20-26(30)35)34-37-22-24-11-3-8-16-31(24)38-34/h3-22H,1-2H3. The average Bonchev–Trinajstić information content (AvgIpc) is 2.99. The summed E-state index contributed by atoms with van der Waals surface area (Å²) in [5.74, 6) is 2.52. The highest BCUT2D eigenvalue weighted by Gasteiger charge is 2.52. The van der Waals surface area contributed by atoms with Crippen LogP contribution >= 0.6 is 0 Å². The van der Waals surface area contributed by atoms with Crippen molar-refractivity contribution in [3.8, 4) is 22.9 Å². The molecule has 1 spiro atoms. The Morgan fingerprint density at radius 2 is 1.15 bits per heavy atom. The largest absolute Gasteiger partial charge is 0.457 e. The van der Waals surface area contributed by atoms with Crippen molar-refractivity contribution in [2.24, 2.45) is 0 Å². The van der Waals surface area contributed by atoms with E-state index >= 15 is 0 Å². The van der Waals surface area contributed by atoms with Crippen LogP contribution in [0.4, 0.5) is 0 Å². The van der Waals surface area contributed by atoms with E-state index in [9.17, 15) is 0 Å². The van der Waals surface area contributed by atoms with Crippen molar-refractivity contribution < 1.29 is 4.74 Å². The van der Waals surface area contributed by atoms with E-state index in [1.165, 1.54) is 22.3 Å². The third-order valence-corrected chi connectivity index (χ3v) is 8.65. The number of ether oxygens (including phenoxy) is 1. The first kappa shape index (κ1) is 22.2. The summed E-state index contributed by atoms with van der Waals surface area (Å²) in [5, 5.41) is 1.04. The van der Waals surface area contributed by atoms with Gasteiger partial charge in [0, 0.05) is 33.7 Å². The Bertz CT molecular complexity index is 1890. The molecule has 6 aromatic rings. The summed E-state index contributed by atoms with van der Waals surface area (Å²) >= 11 is 0.